The summed E-state index contributed by atoms with van der Waals surface area (Å²) in [5.41, 5.74) is -0.0575. The molecule has 1 aromatic heterocycles. The summed E-state index contributed by atoms with van der Waals surface area (Å²) in [6.07, 6.45) is 0.133. The van der Waals surface area contributed by atoms with Crippen molar-refractivity contribution in [2.45, 2.75) is 18.9 Å². The fraction of sp³-hybridized carbons (Fsp3) is 0.412. The average molecular weight is 352 g/mol. The lowest BCUT2D eigenvalue weighted by molar-refractivity contribution is 0.0649. The summed E-state index contributed by atoms with van der Waals surface area (Å²) in [5, 5.41) is 22.8. The van der Waals surface area contributed by atoms with E-state index < -0.39 is 23.6 Å². The van der Waals surface area contributed by atoms with E-state index in [2.05, 4.69) is 5.16 Å². The molecule has 2 heterocycles. The lowest BCUT2D eigenvalue weighted by Gasteiger charge is -2.18. The minimum atomic E-state index is -0.672. The smallest absolute Gasteiger partial charge is 0.292 e. The van der Waals surface area contributed by atoms with Crippen LogP contribution >= 0.6 is 0 Å². The number of hydrogen-bond acceptors (Lipinski definition) is 5. The first-order chi connectivity index (χ1) is 12.0. The third kappa shape index (κ3) is 3.69. The number of aliphatic hydroxyl groups excluding tert-OH is 2. The van der Waals surface area contributed by atoms with Gasteiger partial charge in [0, 0.05) is 37.2 Å². The van der Waals surface area contributed by atoms with Gasteiger partial charge in [0.15, 0.2) is 0 Å². The van der Waals surface area contributed by atoms with E-state index in [1.165, 1.54) is 11.0 Å². The van der Waals surface area contributed by atoms with Crippen LogP contribution in [0.1, 0.15) is 23.4 Å². The third-order valence-electron chi connectivity index (χ3n) is 4.46. The number of carbonyl (C=O) groups is 1. The van der Waals surface area contributed by atoms with Gasteiger partial charge < -0.3 is 19.6 Å². The largest absolute Gasteiger partial charge is 0.396 e. The number of halogens is 2. The molecule has 0 radical (unpaired) electrons. The van der Waals surface area contributed by atoms with E-state index in [1.807, 2.05) is 0 Å². The van der Waals surface area contributed by atoms with Crippen LogP contribution in [0.3, 0.4) is 0 Å². The maximum atomic E-state index is 13.8. The molecule has 2 unspecified atom stereocenters. The highest BCUT2D eigenvalue weighted by Gasteiger charge is 2.28. The summed E-state index contributed by atoms with van der Waals surface area (Å²) in [6, 6.07) is 4.22. The average Bonchev–Trinajstić information content (AvgIpc) is 3.01. The molecule has 0 bridgehead atoms. The summed E-state index contributed by atoms with van der Waals surface area (Å²) in [5.74, 6) is -2.09. The lowest BCUT2D eigenvalue weighted by Crippen LogP contribution is -2.32. The van der Waals surface area contributed by atoms with E-state index in [-0.39, 0.29) is 29.5 Å². The maximum Gasteiger partial charge on any atom is 0.292 e. The van der Waals surface area contributed by atoms with E-state index in [0.717, 1.165) is 18.2 Å². The van der Waals surface area contributed by atoms with Crippen LogP contribution in [0.25, 0.3) is 11.3 Å². The Morgan fingerprint density at radius 3 is 2.80 bits per heavy atom. The van der Waals surface area contributed by atoms with Crippen molar-refractivity contribution in [1.82, 2.24) is 10.1 Å². The van der Waals surface area contributed by atoms with Crippen molar-refractivity contribution in [2.75, 3.05) is 19.7 Å². The van der Waals surface area contributed by atoms with Gasteiger partial charge in [0.1, 0.15) is 17.3 Å². The molecule has 2 N–H and O–H groups in total. The quantitative estimate of drug-likeness (QED) is 0.880. The SMILES string of the molecule is O=C(c1cc(-c2cc(F)ccc2F)no1)N1CCC(O)C(CO)CC1. The van der Waals surface area contributed by atoms with Crippen molar-refractivity contribution in [1.29, 1.82) is 0 Å². The molecule has 1 aromatic carbocycles. The molecule has 6 nitrogen and oxygen atoms in total. The minimum Gasteiger partial charge on any atom is -0.396 e. The number of likely N-dealkylation sites (tertiary alicyclic amines) is 1. The van der Waals surface area contributed by atoms with Gasteiger partial charge in [-0.25, -0.2) is 8.78 Å². The predicted molar refractivity (Wildman–Crippen MR) is 83.6 cm³/mol. The predicted octanol–water partition coefficient (Wildman–Crippen LogP) is 1.83. The molecular formula is C17H18F2N2O4. The highest BCUT2D eigenvalue weighted by Crippen LogP contribution is 2.25. The zero-order chi connectivity index (χ0) is 18.0. The van der Waals surface area contributed by atoms with E-state index in [0.29, 0.717) is 25.9 Å². The maximum absolute atomic E-state index is 13.8. The molecule has 2 aromatic rings. The van der Waals surface area contributed by atoms with Gasteiger partial charge in [-0.3, -0.25) is 4.79 Å². The Kier molecular flexibility index (Phi) is 5.10. The lowest BCUT2D eigenvalue weighted by atomic mass is 9.99. The summed E-state index contributed by atoms with van der Waals surface area (Å²) in [7, 11) is 0. The second kappa shape index (κ2) is 7.28. The molecule has 1 fully saturated rings. The molecule has 1 amide bonds. The summed E-state index contributed by atoms with van der Waals surface area (Å²) in [6.45, 7) is 0.515. The van der Waals surface area contributed by atoms with E-state index in [1.54, 1.807) is 0 Å². The topological polar surface area (TPSA) is 86.8 Å². The zero-order valence-corrected chi connectivity index (χ0v) is 13.4. The monoisotopic (exact) mass is 352 g/mol. The van der Waals surface area contributed by atoms with Crippen LogP contribution < -0.4 is 0 Å². The van der Waals surface area contributed by atoms with Crippen molar-refractivity contribution in [3.8, 4) is 11.3 Å². The minimum absolute atomic E-state index is 0.0310. The summed E-state index contributed by atoms with van der Waals surface area (Å²) < 4.78 is 32.1. The van der Waals surface area contributed by atoms with Crippen molar-refractivity contribution < 1.29 is 28.3 Å². The van der Waals surface area contributed by atoms with Crippen LogP contribution in [0.5, 0.6) is 0 Å². The van der Waals surface area contributed by atoms with Crippen molar-refractivity contribution in [2.24, 2.45) is 5.92 Å². The highest BCUT2D eigenvalue weighted by molar-refractivity contribution is 5.92. The van der Waals surface area contributed by atoms with Crippen LogP contribution in [-0.2, 0) is 0 Å². The van der Waals surface area contributed by atoms with Crippen molar-refractivity contribution in [3.05, 3.63) is 41.7 Å². The molecule has 0 aliphatic carbocycles. The zero-order valence-electron chi connectivity index (χ0n) is 13.4. The van der Waals surface area contributed by atoms with Gasteiger partial charge in [-0.2, -0.15) is 0 Å². The van der Waals surface area contributed by atoms with Gasteiger partial charge in [0.2, 0.25) is 5.76 Å². The molecule has 25 heavy (non-hydrogen) atoms. The standard InChI is InChI=1S/C17H18F2N2O4/c18-11-1-2-13(19)12(7-11)14-8-16(25-20-14)17(24)21-5-3-10(9-22)15(23)4-6-21/h1-2,7-8,10,15,22-23H,3-6,9H2. The van der Waals surface area contributed by atoms with Crippen molar-refractivity contribution >= 4 is 5.91 Å². The Morgan fingerprint density at radius 2 is 2.04 bits per heavy atom. The van der Waals surface area contributed by atoms with Gasteiger partial charge in [0.25, 0.3) is 5.91 Å². The third-order valence-corrected chi connectivity index (χ3v) is 4.46. The first-order valence-electron chi connectivity index (χ1n) is 8.00. The first-order valence-corrected chi connectivity index (χ1v) is 8.00. The molecule has 1 aliphatic rings. The summed E-state index contributed by atoms with van der Waals surface area (Å²) >= 11 is 0. The Bertz CT molecular complexity index is 765. The number of amides is 1. The molecule has 2 atom stereocenters. The van der Waals surface area contributed by atoms with E-state index in [9.17, 15) is 23.8 Å². The van der Waals surface area contributed by atoms with Gasteiger partial charge >= 0.3 is 0 Å². The second-order valence-electron chi connectivity index (χ2n) is 6.08. The van der Waals surface area contributed by atoms with E-state index in [4.69, 9.17) is 4.52 Å². The number of rotatable bonds is 3. The fourth-order valence-corrected chi connectivity index (χ4v) is 2.92. The number of aromatic nitrogens is 1. The van der Waals surface area contributed by atoms with Crippen LogP contribution in [-0.4, -0.2) is 52.0 Å². The van der Waals surface area contributed by atoms with E-state index >= 15 is 0 Å². The first kappa shape index (κ1) is 17.5. The molecule has 8 heteroatoms. The van der Waals surface area contributed by atoms with Crippen LogP contribution in [0.4, 0.5) is 8.78 Å². The molecule has 134 valence electrons. The summed E-state index contributed by atoms with van der Waals surface area (Å²) in [4.78, 5) is 14.0. The Labute approximate surface area is 142 Å². The normalized spacial score (nSPS) is 21.2. The molecule has 3 rings (SSSR count). The molecular weight excluding hydrogens is 334 g/mol. The van der Waals surface area contributed by atoms with Crippen LogP contribution in [0.15, 0.2) is 28.8 Å². The highest BCUT2D eigenvalue weighted by atomic mass is 19.1. The molecule has 1 saturated heterocycles. The number of hydrogen-bond donors (Lipinski definition) is 2. The van der Waals surface area contributed by atoms with Gasteiger partial charge in [-0.05, 0) is 31.0 Å². The van der Waals surface area contributed by atoms with Crippen LogP contribution in [0.2, 0.25) is 0 Å². The number of nitrogens with zero attached hydrogens (tertiary/aromatic N) is 2. The number of benzene rings is 1. The molecule has 0 spiro atoms. The van der Waals surface area contributed by atoms with Gasteiger partial charge in [0.05, 0.1) is 6.10 Å². The second-order valence-corrected chi connectivity index (χ2v) is 6.08. The molecule has 1 aliphatic heterocycles. The van der Waals surface area contributed by atoms with Crippen molar-refractivity contribution in [3.63, 3.8) is 0 Å². The molecule has 0 saturated carbocycles. The Balaban J connectivity index is 1.78. The number of aliphatic hydroxyl groups is 2. The van der Waals surface area contributed by atoms with Gasteiger partial charge in [-0.1, -0.05) is 5.16 Å². The Morgan fingerprint density at radius 1 is 1.28 bits per heavy atom. The number of carbonyl (C=O) groups excluding carboxylic acids is 1. The Hall–Kier alpha value is -2.32. The van der Waals surface area contributed by atoms with Gasteiger partial charge in [-0.15, -0.1) is 0 Å². The van der Waals surface area contributed by atoms with Crippen LogP contribution in [0, 0.1) is 17.6 Å². The fourth-order valence-electron chi connectivity index (χ4n) is 2.92.